The highest BCUT2D eigenvalue weighted by atomic mass is 32.2. The minimum absolute atomic E-state index is 0.135. The number of fused-ring (bicyclic) bond motifs is 1. The zero-order valence-corrected chi connectivity index (χ0v) is 15.4. The fraction of sp³-hybridized carbons (Fsp3) is 0.250. The van der Waals surface area contributed by atoms with Gasteiger partial charge in [-0.1, -0.05) is 66.4 Å². The number of carbonyl (C=O) groups excluding carboxylic acids is 1. The Morgan fingerprint density at radius 3 is 2.65 bits per heavy atom. The summed E-state index contributed by atoms with van der Waals surface area (Å²) in [6, 6.07) is 18.2. The van der Waals surface area contributed by atoms with Crippen LogP contribution in [0.1, 0.15) is 18.1 Å². The van der Waals surface area contributed by atoms with Gasteiger partial charge in [-0.15, -0.1) is 5.10 Å². The molecule has 1 aliphatic rings. The molecule has 0 unspecified atom stereocenters. The Hall–Kier alpha value is -2.60. The van der Waals surface area contributed by atoms with Gasteiger partial charge in [-0.3, -0.25) is 9.89 Å². The predicted octanol–water partition coefficient (Wildman–Crippen LogP) is 3.54. The predicted molar refractivity (Wildman–Crippen MR) is 103 cm³/mol. The van der Waals surface area contributed by atoms with Gasteiger partial charge < -0.3 is 4.90 Å². The monoisotopic (exact) mass is 364 g/mol. The molecule has 5 nitrogen and oxygen atoms in total. The van der Waals surface area contributed by atoms with E-state index < -0.39 is 0 Å². The maximum atomic E-state index is 12.8. The second-order valence-electron chi connectivity index (χ2n) is 6.37. The van der Waals surface area contributed by atoms with Crippen molar-refractivity contribution >= 4 is 17.7 Å². The highest BCUT2D eigenvalue weighted by Gasteiger charge is 2.26. The molecule has 0 fully saturated rings. The number of nitrogens with one attached hydrogen (secondary N) is 1. The topological polar surface area (TPSA) is 61.9 Å². The summed E-state index contributed by atoms with van der Waals surface area (Å²) in [5, 5.41) is 7.58. The number of aromatic amines is 1. The van der Waals surface area contributed by atoms with Crippen molar-refractivity contribution in [1.82, 2.24) is 20.1 Å². The molecule has 2 aromatic carbocycles. The van der Waals surface area contributed by atoms with Crippen LogP contribution in [0.4, 0.5) is 0 Å². The van der Waals surface area contributed by atoms with Crippen molar-refractivity contribution in [1.29, 1.82) is 0 Å². The fourth-order valence-electron chi connectivity index (χ4n) is 3.17. The Bertz CT molecular complexity index is 909. The smallest absolute Gasteiger partial charge is 0.236 e. The van der Waals surface area contributed by atoms with Crippen molar-refractivity contribution < 1.29 is 4.79 Å². The number of rotatable bonds is 4. The van der Waals surface area contributed by atoms with Crippen LogP contribution in [-0.2, 0) is 17.8 Å². The molecule has 0 spiro atoms. The Morgan fingerprint density at radius 2 is 1.85 bits per heavy atom. The molecule has 6 heteroatoms. The number of H-pyrrole nitrogens is 1. The number of hydrogen-bond acceptors (Lipinski definition) is 4. The molecule has 26 heavy (non-hydrogen) atoms. The first kappa shape index (κ1) is 16.8. The zero-order chi connectivity index (χ0) is 17.9. The molecule has 0 radical (unpaired) electrons. The Labute approximate surface area is 156 Å². The molecule has 1 amide bonds. The number of carbonyl (C=O) groups is 1. The quantitative estimate of drug-likeness (QED) is 0.720. The highest BCUT2D eigenvalue weighted by molar-refractivity contribution is 8.00. The van der Waals surface area contributed by atoms with Crippen molar-refractivity contribution in [2.45, 2.75) is 30.3 Å². The van der Waals surface area contributed by atoms with Crippen LogP contribution >= 0.6 is 11.8 Å². The van der Waals surface area contributed by atoms with Gasteiger partial charge in [-0.2, -0.15) is 0 Å². The number of thioether (sulfide) groups is 1. The van der Waals surface area contributed by atoms with Crippen LogP contribution in [-0.4, -0.2) is 37.8 Å². The molecule has 4 rings (SSSR count). The lowest BCUT2D eigenvalue weighted by atomic mass is 10.00. The van der Waals surface area contributed by atoms with Crippen molar-refractivity contribution in [2.24, 2.45) is 0 Å². The van der Waals surface area contributed by atoms with E-state index in [9.17, 15) is 4.79 Å². The number of amides is 1. The molecular weight excluding hydrogens is 344 g/mol. The summed E-state index contributed by atoms with van der Waals surface area (Å²) in [6.07, 6.45) is 0.915. The van der Waals surface area contributed by atoms with E-state index in [1.54, 1.807) is 0 Å². The van der Waals surface area contributed by atoms with Crippen LogP contribution in [0, 0.1) is 0 Å². The third-order valence-electron chi connectivity index (χ3n) is 4.58. The van der Waals surface area contributed by atoms with Gasteiger partial charge in [-0.25, -0.2) is 4.98 Å². The van der Waals surface area contributed by atoms with Crippen LogP contribution in [0.5, 0.6) is 0 Å². The molecule has 1 aromatic heterocycles. The maximum Gasteiger partial charge on any atom is 0.236 e. The first-order valence-corrected chi connectivity index (χ1v) is 9.59. The van der Waals surface area contributed by atoms with E-state index in [1.807, 2.05) is 48.2 Å². The van der Waals surface area contributed by atoms with Gasteiger partial charge in [0, 0.05) is 18.7 Å². The van der Waals surface area contributed by atoms with Gasteiger partial charge in [0.15, 0.2) is 5.82 Å². The lowest BCUT2D eigenvalue weighted by Gasteiger charge is -2.30. The zero-order valence-electron chi connectivity index (χ0n) is 14.6. The molecule has 0 bridgehead atoms. The maximum absolute atomic E-state index is 12.8. The fourth-order valence-corrected chi connectivity index (χ4v) is 3.98. The molecule has 0 aliphatic carbocycles. The summed E-state index contributed by atoms with van der Waals surface area (Å²) in [5.74, 6) is 0.857. The normalized spacial score (nSPS) is 14.7. The molecule has 3 aromatic rings. The number of nitrogens with zero attached hydrogens (tertiary/aromatic N) is 3. The summed E-state index contributed by atoms with van der Waals surface area (Å²) < 4.78 is 0. The van der Waals surface area contributed by atoms with E-state index in [1.165, 1.54) is 22.9 Å². The van der Waals surface area contributed by atoms with Crippen molar-refractivity contribution in [3.05, 3.63) is 65.7 Å². The van der Waals surface area contributed by atoms with Crippen LogP contribution in [0.2, 0.25) is 0 Å². The third-order valence-corrected chi connectivity index (χ3v) is 5.53. The van der Waals surface area contributed by atoms with Crippen LogP contribution in [0.15, 0.2) is 59.8 Å². The molecular formula is C20H20N4OS. The first-order valence-electron chi connectivity index (χ1n) is 8.71. The molecule has 1 aliphatic heterocycles. The van der Waals surface area contributed by atoms with Gasteiger partial charge in [0.25, 0.3) is 0 Å². The average molecular weight is 364 g/mol. The molecule has 2 heterocycles. The average Bonchev–Trinajstić information content (AvgIpc) is 3.16. The Morgan fingerprint density at radius 1 is 1.12 bits per heavy atom. The van der Waals surface area contributed by atoms with E-state index >= 15 is 0 Å². The first-order chi connectivity index (χ1) is 12.7. The van der Waals surface area contributed by atoms with Crippen LogP contribution in [0.3, 0.4) is 0 Å². The SMILES string of the molecule is C[C@@H](Sc1n[nH]c(-c2ccccc2)n1)C(=O)N1CCc2ccccc2C1. The van der Waals surface area contributed by atoms with E-state index in [0.29, 0.717) is 11.7 Å². The van der Waals surface area contributed by atoms with E-state index in [4.69, 9.17) is 0 Å². The van der Waals surface area contributed by atoms with E-state index in [2.05, 4.69) is 33.4 Å². The summed E-state index contributed by atoms with van der Waals surface area (Å²) in [5.41, 5.74) is 3.57. The van der Waals surface area contributed by atoms with Crippen LogP contribution < -0.4 is 0 Å². The lowest BCUT2D eigenvalue weighted by Crippen LogP contribution is -2.40. The molecule has 0 saturated carbocycles. The van der Waals surface area contributed by atoms with Crippen LogP contribution in [0.25, 0.3) is 11.4 Å². The summed E-state index contributed by atoms with van der Waals surface area (Å²) in [6.45, 7) is 3.37. The second kappa shape index (κ2) is 7.33. The number of aromatic nitrogens is 3. The number of benzene rings is 2. The van der Waals surface area contributed by atoms with Gasteiger partial charge in [0.1, 0.15) is 0 Å². The standard InChI is InChI=1S/C20H20N4OS/c1-14(19(25)24-12-11-15-7-5-6-10-17(15)13-24)26-20-21-18(22-23-20)16-8-3-2-4-9-16/h2-10,14H,11-13H2,1H3,(H,21,22,23)/t14-/m1/s1. The largest absolute Gasteiger partial charge is 0.337 e. The molecule has 1 N–H and O–H groups in total. The summed E-state index contributed by atoms with van der Waals surface area (Å²) in [4.78, 5) is 19.3. The molecule has 1 atom stereocenters. The highest BCUT2D eigenvalue weighted by Crippen LogP contribution is 2.26. The summed E-state index contributed by atoms with van der Waals surface area (Å²) >= 11 is 1.40. The Kier molecular flexibility index (Phi) is 4.75. The van der Waals surface area contributed by atoms with Gasteiger partial charge in [-0.05, 0) is 24.5 Å². The minimum atomic E-state index is -0.223. The third kappa shape index (κ3) is 3.51. The van der Waals surface area contributed by atoms with E-state index in [-0.39, 0.29) is 11.2 Å². The van der Waals surface area contributed by atoms with Crippen molar-refractivity contribution in [2.75, 3.05) is 6.54 Å². The Balaban J connectivity index is 1.42. The van der Waals surface area contributed by atoms with Gasteiger partial charge >= 0.3 is 0 Å². The second-order valence-corrected chi connectivity index (χ2v) is 7.68. The molecule has 0 saturated heterocycles. The van der Waals surface area contributed by atoms with Gasteiger partial charge in [0.05, 0.1) is 5.25 Å². The summed E-state index contributed by atoms with van der Waals surface area (Å²) in [7, 11) is 0. The minimum Gasteiger partial charge on any atom is -0.337 e. The van der Waals surface area contributed by atoms with Crippen molar-refractivity contribution in [3.8, 4) is 11.4 Å². The van der Waals surface area contributed by atoms with Gasteiger partial charge in [0.2, 0.25) is 11.1 Å². The van der Waals surface area contributed by atoms with Crippen molar-refractivity contribution in [3.63, 3.8) is 0 Å². The number of hydrogen-bond donors (Lipinski definition) is 1. The molecule has 132 valence electrons. The lowest BCUT2D eigenvalue weighted by molar-refractivity contribution is -0.131. The van der Waals surface area contributed by atoms with E-state index in [0.717, 1.165) is 24.4 Å².